The molecule has 1 saturated heterocycles. The second-order valence-corrected chi connectivity index (χ2v) is 5.53. The molecule has 0 amide bonds. The van der Waals surface area contributed by atoms with E-state index >= 15 is 0 Å². The van der Waals surface area contributed by atoms with Crippen molar-refractivity contribution in [3.05, 3.63) is 16.1 Å². The van der Waals surface area contributed by atoms with Gasteiger partial charge in [-0.1, -0.05) is 13.8 Å². The van der Waals surface area contributed by atoms with E-state index in [1.165, 1.54) is 10.7 Å². The molecule has 0 aromatic carbocycles. The minimum atomic E-state index is 0.535. The minimum absolute atomic E-state index is 0.535. The van der Waals surface area contributed by atoms with Crippen LogP contribution in [0, 0.1) is 0 Å². The van der Waals surface area contributed by atoms with Crippen LogP contribution in [0.25, 0.3) is 0 Å². The summed E-state index contributed by atoms with van der Waals surface area (Å²) in [6.07, 6.45) is 2.25. The molecule has 0 aliphatic carbocycles. The molecule has 0 saturated carbocycles. The summed E-state index contributed by atoms with van der Waals surface area (Å²) in [5.41, 5.74) is 1.22. The molecule has 2 heterocycles. The van der Waals surface area contributed by atoms with Crippen molar-refractivity contribution in [1.82, 2.24) is 10.3 Å². The zero-order chi connectivity index (χ0) is 11.4. The minimum Gasteiger partial charge on any atom is -0.381 e. The fraction of sp³-hybridized carbons (Fsp3) is 0.750. The van der Waals surface area contributed by atoms with Crippen LogP contribution in [0.4, 0.5) is 0 Å². The van der Waals surface area contributed by atoms with Gasteiger partial charge in [-0.15, -0.1) is 11.3 Å². The van der Waals surface area contributed by atoms with Gasteiger partial charge in [0.1, 0.15) is 5.01 Å². The summed E-state index contributed by atoms with van der Waals surface area (Å²) < 4.78 is 5.33. The van der Waals surface area contributed by atoms with Crippen molar-refractivity contribution < 1.29 is 4.74 Å². The quantitative estimate of drug-likeness (QED) is 0.878. The maximum absolute atomic E-state index is 5.33. The van der Waals surface area contributed by atoms with E-state index in [1.807, 2.05) is 0 Å². The van der Waals surface area contributed by atoms with Crippen molar-refractivity contribution in [2.75, 3.05) is 13.2 Å². The number of nitrogens with zero attached hydrogens (tertiary/aromatic N) is 1. The largest absolute Gasteiger partial charge is 0.381 e. The highest BCUT2D eigenvalue weighted by Gasteiger charge is 2.13. The van der Waals surface area contributed by atoms with Gasteiger partial charge in [0.15, 0.2) is 0 Å². The normalized spacial score (nSPS) is 18.2. The van der Waals surface area contributed by atoms with E-state index in [-0.39, 0.29) is 0 Å². The molecule has 4 heteroatoms. The van der Waals surface area contributed by atoms with Gasteiger partial charge in [-0.3, -0.25) is 0 Å². The van der Waals surface area contributed by atoms with Crippen LogP contribution in [0.15, 0.2) is 5.38 Å². The summed E-state index contributed by atoms with van der Waals surface area (Å²) in [4.78, 5) is 4.62. The number of hydrogen-bond acceptors (Lipinski definition) is 4. The molecule has 1 aromatic heterocycles. The molecular weight excluding hydrogens is 220 g/mol. The SMILES string of the molecule is CC(C)c1csc(CNC2CCOCC2)n1. The molecule has 0 atom stereocenters. The van der Waals surface area contributed by atoms with Crippen molar-refractivity contribution in [2.24, 2.45) is 0 Å². The standard InChI is InChI=1S/C12H20N2OS/c1-9(2)11-8-16-12(14-11)7-13-10-3-5-15-6-4-10/h8-10,13H,3-7H2,1-2H3. The lowest BCUT2D eigenvalue weighted by Crippen LogP contribution is -2.34. The first-order valence-electron chi connectivity index (χ1n) is 6.01. The van der Waals surface area contributed by atoms with Gasteiger partial charge in [0, 0.05) is 31.2 Å². The van der Waals surface area contributed by atoms with Crippen LogP contribution in [0.1, 0.15) is 43.3 Å². The number of hydrogen-bond donors (Lipinski definition) is 1. The average Bonchev–Trinajstić information content (AvgIpc) is 2.76. The summed E-state index contributed by atoms with van der Waals surface area (Å²) in [6.45, 7) is 7.07. The maximum Gasteiger partial charge on any atom is 0.107 e. The third-order valence-corrected chi connectivity index (χ3v) is 3.79. The number of aromatic nitrogens is 1. The molecule has 0 spiro atoms. The van der Waals surface area contributed by atoms with Gasteiger partial charge in [-0.25, -0.2) is 4.98 Å². The van der Waals surface area contributed by atoms with Gasteiger partial charge in [0.2, 0.25) is 0 Å². The van der Waals surface area contributed by atoms with Crippen molar-refractivity contribution in [2.45, 2.75) is 45.2 Å². The Morgan fingerprint density at radius 3 is 2.88 bits per heavy atom. The summed E-state index contributed by atoms with van der Waals surface area (Å²) in [6, 6.07) is 0.611. The maximum atomic E-state index is 5.33. The third-order valence-electron chi connectivity index (χ3n) is 2.92. The first-order chi connectivity index (χ1) is 7.75. The van der Waals surface area contributed by atoms with Crippen LogP contribution < -0.4 is 5.32 Å². The third kappa shape index (κ3) is 3.27. The molecule has 1 aliphatic heterocycles. The molecule has 90 valence electrons. The second-order valence-electron chi connectivity index (χ2n) is 4.59. The fourth-order valence-electron chi connectivity index (χ4n) is 1.80. The Kier molecular flexibility index (Phi) is 4.32. The van der Waals surface area contributed by atoms with Crippen molar-refractivity contribution in [1.29, 1.82) is 0 Å². The van der Waals surface area contributed by atoms with Gasteiger partial charge >= 0.3 is 0 Å². The van der Waals surface area contributed by atoms with Crippen LogP contribution in [0.2, 0.25) is 0 Å². The zero-order valence-corrected chi connectivity index (χ0v) is 10.8. The van der Waals surface area contributed by atoms with Gasteiger partial charge < -0.3 is 10.1 Å². The smallest absolute Gasteiger partial charge is 0.107 e. The van der Waals surface area contributed by atoms with Crippen LogP contribution >= 0.6 is 11.3 Å². The van der Waals surface area contributed by atoms with E-state index in [0.717, 1.165) is 32.6 Å². The number of nitrogens with one attached hydrogen (secondary N) is 1. The molecule has 0 bridgehead atoms. The van der Waals surface area contributed by atoms with Gasteiger partial charge in [0.25, 0.3) is 0 Å². The van der Waals surface area contributed by atoms with Crippen LogP contribution in [-0.4, -0.2) is 24.2 Å². The van der Waals surface area contributed by atoms with E-state index in [0.29, 0.717) is 12.0 Å². The van der Waals surface area contributed by atoms with Crippen molar-refractivity contribution in [3.63, 3.8) is 0 Å². The van der Waals surface area contributed by atoms with Crippen LogP contribution in [0.3, 0.4) is 0 Å². The first kappa shape index (κ1) is 12.0. The van der Waals surface area contributed by atoms with E-state index < -0.39 is 0 Å². The summed E-state index contributed by atoms with van der Waals surface area (Å²) in [5, 5.41) is 6.93. The lowest BCUT2D eigenvalue weighted by molar-refractivity contribution is 0.0776. The number of rotatable bonds is 4. The highest BCUT2D eigenvalue weighted by molar-refractivity contribution is 7.09. The molecule has 16 heavy (non-hydrogen) atoms. The summed E-state index contributed by atoms with van der Waals surface area (Å²) >= 11 is 1.76. The lowest BCUT2D eigenvalue weighted by atomic mass is 10.1. The summed E-state index contributed by atoms with van der Waals surface area (Å²) in [5.74, 6) is 0.535. The van der Waals surface area contributed by atoms with Gasteiger partial charge in [-0.2, -0.15) is 0 Å². The van der Waals surface area contributed by atoms with E-state index in [4.69, 9.17) is 4.74 Å². The second kappa shape index (κ2) is 5.75. The molecule has 1 fully saturated rings. The average molecular weight is 240 g/mol. The van der Waals surface area contributed by atoms with E-state index in [2.05, 4.69) is 29.5 Å². The molecule has 1 aromatic rings. The fourth-order valence-corrected chi connectivity index (χ4v) is 2.71. The Hall–Kier alpha value is -0.450. The Labute approximate surface area is 101 Å². The van der Waals surface area contributed by atoms with E-state index in [1.54, 1.807) is 11.3 Å². The molecule has 1 aliphatic rings. The van der Waals surface area contributed by atoms with Crippen LogP contribution in [-0.2, 0) is 11.3 Å². The Bertz CT molecular complexity index is 319. The Morgan fingerprint density at radius 2 is 2.25 bits per heavy atom. The lowest BCUT2D eigenvalue weighted by Gasteiger charge is -2.22. The molecule has 0 radical (unpaired) electrons. The molecule has 2 rings (SSSR count). The zero-order valence-electron chi connectivity index (χ0n) is 10.0. The molecule has 3 nitrogen and oxygen atoms in total. The molecule has 1 N–H and O–H groups in total. The topological polar surface area (TPSA) is 34.1 Å². The van der Waals surface area contributed by atoms with E-state index in [9.17, 15) is 0 Å². The highest BCUT2D eigenvalue weighted by Crippen LogP contribution is 2.18. The van der Waals surface area contributed by atoms with Gasteiger partial charge in [-0.05, 0) is 18.8 Å². The first-order valence-corrected chi connectivity index (χ1v) is 6.89. The van der Waals surface area contributed by atoms with Crippen molar-refractivity contribution in [3.8, 4) is 0 Å². The number of thiazole rings is 1. The van der Waals surface area contributed by atoms with Crippen LogP contribution in [0.5, 0.6) is 0 Å². The Morgan fingerprint density at radius 1 is 1.50 bits per heavy atom. The molecular formula is C12H20N2OS. The monoisotopic (exact) mass is 240 g/mol. The predicted molar refractivity (Wildman–Crippen MR) is 66.9 cm³/mol. The number of ether oxygens (including phenoxy) is 1. The van der Waals surface area contributed by atoms with Gasteiger partial charge in [0.05, 0.1) is 5.69 Å². The Balaban J connectivity index is 1.79. The highest BCUT2D eigenvalue weighted by atomic mass is 32.1. The predicted octanol–water partition coefficient (Wildman–Crippen LogP) is 2.54. The molecule has 0 unspecified atom stereocenters. The van der Waals surface area contributed by atoms with Crippen molar-refractivity contribution >= 4 is 11.3 Å². The summed E-state index contributed by atoms with van der Waals surface area (Å²) in [7, 11) is 0.